The van der Waals surface area contributed by atoms with Crippen LogP contribution in [0.2, 0.25) is 6.82 Å². The average molecular weight is 1340 g/mol. The molecule has 0 radical (unpaired) electrons. The number of nitriles is 2. The van der Waals surface area contributed by atoms with E-state index in [1.807, 2.05) is 54.6 Å². The van der Waals surface area contributed by atoms with Crippen molar-refractivity contribution in [3.05, 3.63) is 186 Å². The topological polar surface area (TPSA) is 288 Å². The molecule has 0 aliphatic carbocycles. The van der Waals surface area contributed by atoms with Crippen LogP contribution in [0.25, 0.3) is 21.9 Å². The summed E-state index contributed by atoms with van der Waals surface area (Å²) in [6, 6.07) is 34.1. The van der Waals surface area contributed by atoms with Gasteiger partial charge in [-0.05, 0) is 127 Å². The minimum Gasteiger partial charge on any atom is -0.424 e. The van der Waals surface area contributed by atoms with Gasteiger partial charge < -0.3 is 64.6 Å². The van der Waals surface area contributed by atoms with Crippen LogP contribution in [0.15, 0.2) is 132 Å². The second-order valence-electron chi connectivity index (χ2n) is 18.7. The number of fused-ring (bicyclic) bond motifs is 2. The van der Waals surface area contributed by atoms with Gasteiger partial charge in [-0.1, -0.05) is 56.6 Å². The van der Waals surface area contributed by atoms with Crippen molar-refractivity contribution in [3.8, 4) is 12.1 Å². The third-order valence-corrected chi connectivity index (χ3v) is 14.3. The van der Waals surface area contributed by atoms with Gasteiger partial charge in [0.1, 0.15) is 23.5 Å². The Labute approximate surface area is 509 Å². The van der Waals surface area contributed by atoms with E-state index in [0.29, 0.717) is 88.4 Å². The fourth-order valence-corrected chi connectivity index (χ4v) is 8.46. The second kappa shape index (κ2) is 32.2. The van der Waals surface area contributed by atoms with Gasteiger partial charge in [0.2, 0.25) is 0 Å². The SMILES string of the molecule is CB(O)NCc1ccc2c(N)noc2c1.COB=NCc1ccc(C#N)c(F)c1.Fc1cc(CBr)ccc1Br.Fc1cc(CN(B2CO2)B2CO2)ccc1Br.N#Cc1ccc(CN(B2CO2)B2CO2)cc1F.NCc1ccc2c(N)noc2c1. The molecule has 19 nitrogen and oxygen atoms in total. The number of nitrogen functional groups attached to an aromatic ring is 2. The number of anilines is 2. The zero-order chi connectivity index (χ0) is 60.3. The molecule has 4 fully saturated rings. The first-order valence-corrected chi connectivity index (χ1v) is 28.4. The third kappa shape index (κ3) is 20.4. The number of nitrogens with two attached hydrogens (primary N) is 3. The van der Waals surface area contributed by atoms with Crippen molar-refractivity contribution < 1.29 is 54.9 Å². The average Bonchev–Trinajstić information content (AvgIpc) is 4.41. The number of nitrogens with zero attached hydrogens (tertiary/aromatic N) is 7. The molecule has 0 atom stereocenters. The molecule has 8 aromatic rings. The Bertz CT molecular complexity index is 3580. The number of halogens is 7. The van der Waals surface area contributed by atoms with E-state index < -0.39 is 18.7 Å². The Kier molecular flexibility index (Phi) is 25.0. The van der Waals surface area contributed by atoms with E-state index in [2.05, 4.69) is 82.3 Å². The molecule has 4 aliphatic rings. The Hall–Kier alpha value is -6.37. The minimum absolute atomic E-state index is 0.0458. The smallest absolute Gasteiger partial charge is 0.398 e. The van der Waals surface area contributed by atoms with Crippen LogP contribution in [-0.4, -0.2) is 100 Å². The summed E-state index contributed by atoms with van der Waals surface area (Å²) in [4.78, 5) is 3.86. The number of alkyl halides is 1. The molecule has 0 bridgehead atoms. The molecular formula is C52H52B6Br3F4N11O8. The van der Waals surface area contributed by atoms with E-state index in [9.17, 15) is 17.6 Å². The summed E-state index contributed by atoms with van der Waals surface area (Å²) in [5, 5.41) is 38.7. The van der Waals surface area contributed by atoms with Crippen molar-refractivity contribution in [2.45, 2.75) is 44.9 Å². The summed E-state index contributed by atoms with van der Waals surface area (Å²) < 4.78 is 93.2. The van der Waals surface area contributed by atoms with Crippen molar-refractivity contribution in [3.63, 3.8) is 0 Å². The summed E-state index contributed by atoms with van der Waals surface area (Å²) in [6.45, 7) is 7.25. The Morgan fingerprint density at radius 3 is 1.48 bits per heavy atom. The van der Waals surface area contributed by atoms with Crippen LogP contribution in [0.1, 0.15) is 44.5 Å². The van der Waals surface area contributed by atoms with Gasteiger partial charge in [-0.3, -0.25) is 0 Å². The number of benzene rings is 6. The summed E-state index contributed by atoms with van der Waals surface area (Å²) in [5.74, 6) is -0.604. The molecule has 4 aliphatic heterocycles. The Morgan fingerprint density at radius 2 is 1.06 bits per heavy atom. The van der Waals surface area contributed by atoms with Gasteiger partial charge in [-0.25, -0.2) is 13.2 Å². The number of rotatable bonds is 16. The fraction of sp³-hybridized carbons (Fsp3) is 0.231. The molecule has 8 N–H and O–H groups in total. The summed E-state index contributed by atoms with van der Waals surface area (Å²) >= 11 is 9.44. The monoisotopic (exact) mass is 1340 g/mol. The van der Waals surface area contributed by atoms with E-state index in [1.165, 1.54) is 44.7 Å². The van der Waals surface area contributed by atoms with Gasteiger partial charge in [-0.15, -0.1) is 0 Å². The van der Waals surface area contributed by atoms with Crippen LogP contribution in [0.5, 0.6) is 0 Å². The predicted molar refractivity (Wildman–Crippen MR) is 325 cm³/mol. The molecule has 0 amide bonds. The molecule has 2 aromatic heterocycles. The summed E-state index contributed by atoms with van der Waals surface area (Å²) in [6.07, 6.45) is 0. The normalized spacial score (nSPS) is 13.2. The Morgan fingerprint density at radius 1 is 0.655 bits per heavy atom. The molecule has 84 heavy (non-hydrogen) atoms. The molecule has 430 valence electrons. The van der Waals surface area contributed by atoms with Gasteiger partial charge in [0.05, 0.1) is 51.3 Å². The first-order chi connectivity index (χ1) is 40.5. The van der Waals surface area contributed by atoms with Crippen LogP contribution in [0, 0.1) is 45.9 Å². The van der Waals surface area contributed by atoms with Crippen LogP contribution in [0.3, 0.4) is 0 Å². The zero-order valence-corrected chi connectivity index (χ0v) is 50.0. The van der Waals surface area contributed by atoms with Crippen molar-refractivity contribution in [1.82, 2.24) is 25.0 Å². The first kappa shape index (κ1) is 65.2. The standard InChI is InChI=1S/C10H9B2FN2O2.C9H9B2BrFNO2.C9H8BFN2O.C9H12BN3O2.C8H9N3O.C7H5Br2F/c13-10-3-8(1-2-9(10)4-14)5-15(11-6-16-11)12-7-17-12;12-8-2-1-7(3-9(8)13)4-14(10-5-15-10)11-6-16-11;1-14-10-13-6-7-2-3-8(5-12)9(11)4-7;1-10(14)12-5-6-2-3-7-8(4-6)15-13-9(7)11;9-4-5-1-2-6-7(3-5)12-11-8(6)10;8-4-5-1-2-6(9)7(10)3-5/h1-3H,5-7H2;1-3H,4-6H2;2-4H,6H2,1H3;2-4,12,14H,5H2,1H3,(H2,11,13);1-3H,4,9H2,(H2,10,11);1-3H,4H2. The van der Waals surface area contributed by atoms with Crippen LogP contribution in [-0.2, 0) is 61.3 Å². The van der Waals surface area contributed by atoms with E-state index in [4.69, 9.17) is 60.4 Å². The van der Waals surface area contributed by atoms with E-state index >= 15 is 0 Å². The van der Waals surface area contributed by atoms with Crippen molar-refractivity contribution in [2.75, 3.05) is 44.6 Å². The summed E-state index contributed by atoms with van der Waals surface area (Å²) in [5.41, 5.74) is 23.5. The van der Waals surface area contributed by atoms with Crippen molar-refractivity contribution in [2.24, 2.45) is 10.6 Å². The van der Waals surface area contributed by atoms with Gasteiger partial charge in [-0.2, -0.15) is 5.26 Å². The van der Waals surface area contributed by atoms with Gasteiger partial charge in [0.15, 0.2) is 22.8 Å². The molecule has 32 heteroatoms. The minimum atomic E-state index is -0.527. The molecular weight excluding hydrogens is 1290 g/mol. The summed E-state index contributed by atoms with van der Waals surface area (Å²) in [7, 11) is 2.75. The number of hydrogen-bond acceptors (Lipinski definition) is 19. The van der Waals surface area contributed by atoms with E-state index in [0.717, 1.165) is 51.6 Å². The van der Waals surface area contributed by atoms with Crippen LogP contribution in [0.4, 0.5) is 29.2 Å². The van der Waals surface area contributed by atoms with Crippen LogP contribution >= 0.6 is 47.8 Å². The molecule has 4 saturated heterocycles. The Balaban J connectivity index is 0.000000146. The van der Waals surface area contributed by atoms with Crippen molar-refractivity contribution >= 4 is 124 Å². The fourth-order valence-electron chi connectivity index (χ4n) is 7.62. The van der Waals surface area contributed by atoms with E-state index in [-0.39, 0.29) is 51.0 Å². The van der Waals surface area contributed by atoms with Crippen LogP contribution < -0.4 is 22.4 Å². The largest absolute Gasteiger partial charge is 0.424 e. The predicted octanol–water partition coefficient (Wildman–Crippen LogP) is 8.73. The zero-order valence-electron chi connectivity index (χ0n) is 45.2. The van der Waals surface area contributed by atoms with Gasteiger partial charge in [0.25, 0.3) is 0 Å². The van der Waals surface area contributed by atoms with Gasteiger partial charge in [0, 0.05) is 31.5 Å². The molecule has 6 heterocycles. The first-order valence-electron chi connectivity index (χ1n) is 25.7. The maximum Gasteiger partial charge on any atom is 0.398 e. The number of aromatic nitrogens is 2. The maximum atomic E-state index is 13.4. The van der Waals surface area contributed by atoms with Crippen molar-refractivity contribution in [1.29, 1.82) is 10.5 Å². The third-order valence-electron chi connectivity index (χ3n) is 12.3. The number of nitrogens with one attached hydrogen (secondary N) is 1. The number of hydrogen-bond donors (Lipinski definition) is 5. The van der Waals surface area contributed by atoms with E-state index in [1.54, 1.807) is 43.2 Å². The molecule has 0 saturated carbocycles. The molecule has 12 rings (SSSR count). The second-order valence-corrected chi connectivity index (χ2v) is 21.0. The molecule has 0 spiro atoms. The maximum absolute atomic E-state index is 13.4. The quantitative estimate of drug-likeness (QED) is 0.0261. The van der Waals surface area contributed by atoms with Gasteiger partial charge >= 0.3 is 117 Å². The molecule has 0 unspecified atom stereocenters. The molecule has 6 aromatic carbocycles.